The lowest BCUT2D eigenvalue weighted by Gasteiger charge is -2.44. The van der Waals surface area contributed by atoms with E-state index in [0.717, 1.165) is 17.2 Å². The maximum atomic E-state index is 6.17. The van der Waals surface area contributed by atoms with E-state index in [9.17, 15) is 0 Å². The number of aryl methyl sites for hydroxylation is 4. The van der Waals surface area contributed by atoms with Crippen LogP contribution in [-0.4, -0.2) is 13.5 Å². The van der Waals surface area contributed by atoms with Crippen molar-refractivity contribution in [3.05, 3.63) is 112 Å². The van der Waals surface area contributed by atoms with Gasteiger partial charge in [-0.05, 0) is 129 Å². The molecule has 0 N–H and O–H groups in total. The Morgan fingerprint density at radius 2 is 1.05 bits per heavy atom. The average molecular weight is 745 g/mol. The number of fused-ring (bicyclic) bond motifs is 7. The van der Waals surface area contributed by atoms with E-state index >= 15 is 0 Å². The van der Waals surface area contributed by atoms with E-state index in [2.05, 4.69) is 173 Å². The standard InChI is InChI=1S/C49H53BN2O2S/c1-27-19-32(48(8,9)10)20-28(2)44(27)51-36-15-14-16-37-43(36)50(35-24-39-40(25-38(35)51)54-26-53-39)42-34-23-31(47(5,6)7)17-18-41(34)55-46(42)52(37)45-29(3)21-33(22-30(45)4)49(11,12)13/h14-25H,26H2,1-13H3. The molecule has 0 bridgehead atoms. The molecule has 1 aromatic heterocycles. The molecule has 0 spiro atoms. The van der Waals surface area contributed by atoms with Crippen LogP contribution in [0.25, 0.3) is 10.1 Å². The Bertz CT molecular complexity index is 2550. The molecule has 4 heterocycles. The molecular weight excluding hydrogens is 691 g/mol. The lowest BCUT2D eigenvalue weighted by Crippen LogP contribution is -2.61. The Labute approximate surface area is 332 Å². The number of nitrogens with zero attached hydrogens (tertiary/aromatic N) is 2. The Hall–Kier alpha value is -4.68. The number of benzene rings is 5. The summed E-state index contributed by atoms with van der Waals surface area (Å²) in [5.74, 6) is 1.62. The van der Waals surface area contributed by atoms with Gasteiger partial charge in [-0.1, -0.05) is 105 Å². The molecule has 0 saturated heterocycles. The van der Waals surface area contributed by atoms with E-state index < -0.39 is 0 Å². The number of anilines is 6. The zero-order valence-corrected chi connectivity index (χ0v) is 35.6. The van der Waals surface area contributed by atoms with Crippen LogP contribution >= 0.6 is 11.3 Å². The minimum absolute atomic E-state index is 0.00825. The molecule has 6 aromatic rings. The summed E-state index contributed by atoms with van der Waals surface area (Å²) >= 11 is 1.92. The molecule has 9 rings (SSSR count). The number of ether oxygens (including phenoxy) is 2. The van der Waals surface area contributed by atoms with Gasteiger partial charge in [0, 0.05) is 27.8 Å². The molecule has 0 fully saturated rings. The van der Waals surface area contributed by atoms with E-state index in [0.29, 0.717) is 0 Å². The molecule has 0 aliphatic carbocycles. The van der Waals surface area contributed by atoms with Gasteiger partial charge in [-0.15, -0.1) is 11.3 Å². The smallest absolute Gasteiger partial charge is 0.254 e. The van der Waals surface area contributed by atoms with Gasteiger partial charge in [0.15, 0.2) is 11.5 Å². The largest absolute Gasteiger partial charge is 0.454 e. The lowest BCUT2D eigenvalue weighted by atomic mass is 9.33. The van der Waals surface area contributed by atoms with Crippen molar-refractivity contribution < 1.29 is 9.47 Å². The van der Waals surface area contributed by atoms with E-state index in [1.54, 1.807) is 0 Å². The first-order chi connectivity index (χ1) is 25.8. The minimum Gasteiger partial charge on any atom is -0.454 e. The van der Waals surface area contributed by atoms with Gasteiger partial charge in [-0.3, -0.25) is 0 Å². The van der Waals surface area contributed by atoms with Crippen LogP contribution in [0, 0.1) is 27.7 Å². The van der Waals surface area contributed by atoms with Gasteiger partial charge >= 0.3 is 0 Å². The third kappa shape index (κ3) is 5.45. The molecule has 0 amide bonds. The molecule has 3 aliphatic rings. The van der Waals surface area contributed by atoms with Crippen LogP contribution in [0.2, 0.25) is 0 Å². The number of rotatable bonds is 2. The van der Waals surface area contributed by atoms with Gasteiger partial charge in [-0.2, -0.15) is 0 Å². The van der Waals surface area contributed by atoms with Gasteiger partial charge < -0.3 is 19.3 Å². The zero-order valence-electron chi connectivity index (χ0n) is 34.8. The highest BCUT2D eigenvalue weighted by Gasteiger charge is 2.47. The van der Waals surface area contributed by atoms with Gasteiger partial charge in [0.25, 0.3) is 6.71 Å². The Kier molecular flexibility index (Phi) is 7.80. The van der Waals surface area contributed by atoms with E-state index in [4.69, 9.17) is 9.47 Å². The molecular formula is C49H53BN2O2S. The first kappa shape index (κ1) is 36.0. The highest BCUT2D eigenvalue weighted by atomic mass is 32.1. The van der Waals surface area contributed by atoms with E-state index in [1.165, 1.54) is 93.2 Å². The predicted octanol–water partition coefficient (Wildman–Crippen LogP) is 11.8. The van der Waals surface area contributed by atoms with Crippen molar-refractivity contribution in [3.63, 3.8) is 0 Å². The van der Waals surface area contributed by atoms with Crippen molar-refractivity contribution >= 4 is 78.0 Å². The highest BCUT2D eigenvalue weighted by molar-refractivity contribution is 7.26. The van der Waals surface area contributed by atoms with Gasteiger partial charge in [0.2, 0.25) is 6.79 Å². The van der Waals surface area contributed by atoms with Crippen molar-refractivity contribution in [2.75, 3.05) is 16.6 Å². The third-order valence-corrected chi connectivity index (χ3v) is 13.3. The Balaban J connectivity index is 1.41. The summed E-state index contributed by atoms with van der Waals surface area (Å²) in [7, 11) is 0. The summed E-state index contributed by atoms with van der Waals surface area (Å²) in [6, 6.07) is 28.3. The second-order valence-electron chi connectivity index (χ2n) is 19.3. The van der Waals surface area contributed by atoms with Crippen LogP contribution in [0.15, 0.2) is 72.8 Å². The monoisotopic (exact) mass is 744 g/mol. The summed E-state index contributed by atoms with van der Waals surface area (Å²) < 4.78 is 13.6. The fraction of sp³-hybridized carbons (Fsp3) is 0.347. The second kappa shape index (κ2) is 11.9. The molecule has 4 nitrogen and oxygen atoms in total. The number of hydrogen-bond donors (Lipinski definition) is 0. The molecule has 0 unspecified atom stereocenters. The SMILES string of the molecule is Cc1cc(C(C)(C)C)cc(C)c1N1c2cc3c(cc2B2c4c1cccc4N(c1c(C)cc(C(C)(C)C)cc1C)c1sc4ccc(C(C)(C)C)cc4c12)OCO3. The van der Waals surface area contributed by atoms with Crippen LogP contribution < -0.4 is 35.7 Å². The minimum atomic E-state index is -0.00825. The summed E-state index contributed by atoms with van der Waals surface area (Å²) in [4.78, 5) is 5.15. The second-order valence-corrected chi connectivity index (χ2v) is 20.3. The number of hydrogen-bond acceptors (Lipinski definition) is 5. The maximum Gasteiger partial charge on any atom is 0.254 e. The summed E-state index contributed by atoms with van der Waals surface area (Å²) in [6.45, 7) is 30.2. The van der Waals surface area contributed by atoms with Crippen molar-refractivity contribution in [3.8, 4) is 11.5 Å². The fourth-order valence-corrected chi connectivity index (χ4v) is 10.5. The normalized spacial score (nSPS) is 14.7. The Morgan fingerprint density at radius 3 is 1.60 bits per heavy atom. The van der Waals surface area contributed by atoms with Crippen molar-refractivity contribution in [2.24, 2.45) is 0 Å². The molecule has 5 aromatic carbocycles. The fourth-order valence-electron chi connectivity index (χ4n) is 9.25. The highest BCUT2D eigenvalue weighted by Crippen LogP contribution is 2.52. The third-order valence-electron chi connectivity index (χ3n) is 12.1. The molecule has 3 aliphatic heterocycles. The molecule has 55 heavy (non-hydrogen) atoms. The lowest BCUT2D eigenvalue weighted by molar-refractivity contribution is 0.174. The summed E-state index contributed by atoms with van der Waals surface area (Å²) in [5.41, 5.74) is 19.3. The zero-order chi connectivity index (χ0) is 39.1. The first-order valence-corrected chi connectivity index (χ1v) is 20.6. The van der Waals surface area contributed by atoms with Gasteiger partial charge in [0.05, 0.1) is 16.4 Å². The number of thiophene rings is 1. The molecule has 280 valence electrons. The van der Waals surface area contributed by atoms with Crippen LogP contribution in [0.1, 0.15) is 101 Å². The molecule has 0 saturated carbocycles. The quantitative estimate of drug-likeness (QED) is 0.165. The molecule has 6 heteroatoms. The molecule has 0 radical (unpaired) electrons. The Morgan fingerprint density at radius 1 is 0.545 bits per heavy atom. The van der Waals surface area contributed by atoms with Crippen molar-refractivity contribution in [1.82, 2.24) is 0 Å². The van der Waals surface area contributed by atoms with Crippen molar-refractivity contribution in [2.45, 2.75) is 106 Å². The van der Waals surface area contributed by atoms with Gasteiger partial charge in [-0.25, -0.2) is 0 Å². The van der Waals surface area contributed by atoms with E-state index in [1.807, 2.05) is 11.3 Å². The first-order valence-electron chi connectivity index (χ1n) is 19.8. The van der Waals surface area contributed by atoms with Crippen LogP contribution in [0.3, 0.4) is 0 Å². The van der Waals surface area contributed by atoms with E-state index in [-0.39, 0.29) is 29.8 Å². The van der Waals surface area contributed by atoms with Crippen molar-refractivity contribution in [1.29, 1.82) is 0 Å². The predicted molar refractivity (Wildman–Crippen MR) is 237 cm³/mol. The summed E-state index contributed by atoms with van der Waals surface area (Å²) in [6.07, 6.45) is 0. The maximum absolute atomic E-state index is 6.17. The summed E-state index contributed by atoms with van der Waals surface area (Å²) in [5, 5.41) is 2.63. The van der Waals surface area contributed by atoms with Crippen LogP contribution in [0.4, 0.5) is 33.4 Å². The molecule has 0 atom stereocenters. The topological polar surface area (TPSA) is 24.9 Å². The van der Waals surface area contributed by atoms with Gasteiger partial charge in [0.1, 0.15) is 0 Å². The average Bonchev–Trinajstić information content (AvgIpc) is 3.71. The van der Waals surface area contributed by atoms with Crippen LogP contribution in [0.5, 0.6) is 11.5 Å². The van der Waals surface area contributed by atoms with Crippen LogP contribution in [-0.2, 0) is 16.2 Å².